The van der Waals surface area contributed by atoms with Gasteiger partial charge in [-0.1, -0.05) is 18.5 Å². The first-order valence-corrected chi connectivity index (χ1v) is 5.88. The molecule has 0 bridgehead atoms. The molecule has 89 valence electrons. The van der Waals surface area contributed by atoms with Crippen molar-refractivity contribution < 1.29 is 4.74 Å². The van der Waals surface area contributed by atoms with E-state index in [9.17, 15) is 0 Å². The highest BCUT2D eigenvalue weighted by Crippen LogP contribution is 2.34. The molecule has 1 aliphatic rings. The van der Waals surface area contributed by atoms with Crippen molar-refractivity contribution in [3.8, 4) is 5.75 Å². The van der Waals surface area contributed by atoms with E-state index in [0.717, 1.165) is 34.7 Å². The second-order valence-corrected chi connectivity index (χ2v) is 4.24. The highest BCUT2D eigenvalue weighted by atomic mass is 35.5. The lowest BCUT2D eigenvalue weighted by Crippen LogP contribution is -2.01. The summed E-state index contributed by atoms with van der Waals surface area (Å²) in [7, 11) is 1.65. The van der Waals surface area contributed by atoms with Gasteiger partial charge < -0.3 is 4.74 Å². The van der Waals surface area contributed by atoms with Crippen molar-refractivity contribution >= 4 is 22.9 Å². The Kier molecular flexibility index (Phi) is 3.38. The number of hydrogen-bond acceptors (Lipinski definition) is 2. The molecule has 4 heteroatoms. The Labute approximate surface area is 106 Å². The van der Waals surface area contributed by atoms with Crippen molar-refractivity contribution in [1.82, 2.24) is 5.43 Å². The number of ether oxygens (including phenoxy) is 1. The topological polar surface area (TPSA) is 35.7 Å². The lowest BCUT2D eigenvalue weighted by atomic mass is 9.97. The van der Waals surface area contributed by atoms with Crippen molar-refractivity contribution in [1.29, 1.82) is 0 Å². The molecule has 0 saturated carbocycles. The molecule has 3 nitrogen and oxygen atoms in total. The number of methoxy groups -OCH3 is 1. The van der Waals surface area contributed by atoms with Gasteiger partial charge in [0, 0.05) is 16.2 Å². The van der Waals surface area contributed by atoms with Crippen molar-refractivity contribution in [3.63, 3.8) is 0 Å². The minimum Gasteiger partial charge on any atom is -0.496 e. The van der Waals surface area contributed by atoms with E-state index in [2.05, 4.69) is 17.5 Å². The van der Waals surface area contributed by atoms with E-state index >= 15 is 0 Å². The maximum absolute atomic E-state index is 6.04. The summed E-state index contributed by atoms with van der Waals surface area (Å²) in [5.74, 6) is 0.794. The van der Waals surface area contributed by atoms with E-state index in [-0.39, 0.29) is 0 Å². The molecule has 0 fully saturated rings. The summed E-state index contributed by atoms with van der Waals surface area (Å²) in [4.78, 5) is 0. The Hall–Kier alpha value is -1.48. The van der Waals surface area contributed by atoms with E-state index in [1.165, 1.54) is 0 Å². The minimum absolute atomic E-state index is 0.684. The van der Waals surface area contributed by atoms with E-state index in [1.54, 1.807) is 7.11 Å². The number of halogens is 1. The highest BCUT2D eigenvalue weighted by molar-refractivity contribution is 6.32. The monoisotopic (exact) mass is 249 g/mol. The quantitative estimate of drug-likeness (QED) is 0.808. The molecule has 0 unspecified atom stereocenters. The predicted molar refractivity (Wildman–Crippen MR) is 70.5 cm³/mol. The molecule has 0 aromatic heterocycles. The minimum atomic E-state index is 0.684. The van der Waals surface area contributed by atoms with Gasteiger partial charge >= 0.3 is 0 Å². The molecule has 0 N–H and O–H groups in total. The van der Waals surface area contributed by atoms with Gasteiger partial charge in [-0.2, -0.15) is 10.5 Å². The molecule has 0 spiro atoms. The standard InChI is InChI=1S/C13H14ClN2O/c1-4-11-13(8(2)15-16-11)10-7-9(14)5-6-12(10)17-3/h5-7H,4H2,1-3H3. The lowest BCUT2D eigenvalue weighted by molar-refractivity contribution is 0.413. The van der Waals surface area contributed by atoms with Crippen LogP contribution in [-0.4, -0.2) is 12.8 Å². The molecule has 1 aliphatic heterocycles. The summed E-state index contributed by atoms with van der Waals surface area (Å²) in [6, 6.07) is 5.57. The first-order chi connectivity index (χ1) is 8.17. The molecule has 1 aromatic carbocycles. The summed E-state index contributed by atoms with van der Waals surface area (Å²) in [6.45, 7) is 4.01. The fraction of sp³-hybridized carbons (Fsp3) is 0.308. The number of allylic oxidation sites excluding steroid dienone is 2. The van der Waals surface area contributed by atoms with Crippen molar-refractivity contribution in [3.05, 3.63) is 34.5 Å². The van der Waals surface area contributed by atoms with E-state index in [0.29, 0.717) is 5.02 Å². The zero-order valence-corrected chi connectivity index (χ0v) is 10.9. The molecule has 17 heavy (non-hydrogen) atoms. The van der Waals surface area contributed by atoms with Gasteiger partial charge in [0.2, 0.25) is 0 Å². The van der Waals surface area contributed by atoms with Gasteiger partial charge in [0.1, 0.15) is 5.75 Å². The lowest BCUT2D eigenvalue weighted by Gasteiger charge is -2.11. The van der Waals surface area contributed by atoms with Gasteiger partial charge in [0.25, 0.3) is 0 Å². The van der Waals surface area contributed by atoms with Gasteiger partial charge in [-0.25, -0.2) is 0 Å². The Morgan fingerprint density at radius 2 is 2.12 bits per heavy atom. The van der Waals surface area contributed by atoms with Crippen LogP contribution in [-0.2, 0) is 0 Å². The van der Waals surface area contributed by atoms with Crippen LogP contribution < -0.4 is 10.2 Å². The molecule has 1 aromatic rings. The summed E-state index contributed by atoms with van der Waals surface area (Å²) in [6.07, 6.45) is 0.839. The fourth-order valence-corrected chi connectivity index (χ4v) is 2.09. The average Bonchev–Trinajstić information content (AvgIpc) is 2.70. The Morgan fingerprint density at radius 1 is 1.35 bits per heavy atom. The normalized spacial score (nSPS) is 14.7. The van der Waals surface area contributed by atoms with Crippen LogP contribution in [0.2, 0.25) is 5.02 Å². The largest absolute Gasteiger partial charge is 0.496 e. The average molecular weight is 250 g/mol. The first-order valence-electron chi connectivity index (χ1n) is 5.50. The van der Waals surface area contributed by atoms with E-state index in [4.69, 9.17) is 16.3 Å². The molecule has 2 rings (SSSR count). The van der Waals surface area contributed by atoms with Crippen LogP contribution in [0, 0.1) is 0 Å². The van der Waals surface area contributed by atoms with Crippen LogP contribution in [0.25, 0.3) is 5.57 Å². The SMILES string of the molecule is CCC1=N[N]C(C)=C1c1cc(Cl)ccc1OC. The molecule has 0 atom stereocenters. The van der Waals surface area contributed by atoms with Crippen LogP contribution in [0.4, 0.5) is 0 Å². The van der Waals surface area contributed by atoms with Gasteiger partial charge in [0.05, 0.1) is 18.5 Å². The molecular formula is C13H14ClN2O. The van der Waals surface area contributed by atoms with Gasteiger partial charge in [-0.05, 0) is 31.5 Å². The number of hydrogen-bond donors (Lipinski definition) is 0. The van der Waals surface area contributed by atoms with Crippen LogP contribution in [0.3, 0.4) is 0 Å². The number of nitrogens with zero attached hydrogens (tertiary/aromatic N) is 2. The summed E-state index contributed by atoms with van der Waals surface area (Å²) >= 11 is 6.04. The van der Waals surface area contributed by atoms with Crippen LogP contribution in [0.5, 0.6) is 5.75 Å². The van der Waals surface area contributed by atoms with Crippen molar-refractivity contribution in [2.45, 2.75) is 20.3 Å². The summed E-state index contributed by atoms with van der Waals surface area (Å²) in [5.41, 5.74) is 7.99. The first kappa shape index (κ1) is 12.0. The third kappa shape index (κ3) is 2.15. The van der Waals surface area contributed by atoms with Gasteiger partial charge in [-0.3, -0.25) is 0 Å². The van der Waals surface area contributed by atoms with E-state index < -0.39 is 0 Å². The van der Waals surface area contributed by atoms with E-state index in [1.807, 2.05) is 25.1 Å². The smallest absolute Gasteiger partial charge is 0.126 e. The second kappa shape index (κ2) is 4.80. The molecule has 1 heterocycles. The Bertz CT molecular complexity index is 506. The van der Waals surface area contributed by atoms with Crippen molar-refractivity contribution in [2.24, 2.45) is 5.10 Å². The maximum atomic E-state index is 6.04. The van der Waals surface area contributed by atoms with Crippen molar-refractivity contribution in [2.75, 3.05) is 7.11 Å². The summed E-state index contributed by atoms with van der Waals surface area (Å²) in [5, 5.41) is 4.85. The zero-order chi connectivity index (χ0) is 12.4. The third-order valence-electron chi connectivity index (χ3n) is 2.74. The van der Waals surface area contributed by atoms with Crippen LogP contribution in [0.1, 0.15) is 25.8 Å². The highest BCUT2D eigenvalue weighted by Gasteiger charge is 2.21. The molecule has 0 amide bonds. The van der Waals surface area contributed by atoms with Gasteiger partial charge in [0.15, 0.2) is 0 Å². The second-order valence-electron chi connectivity index (χ2n) is 3.81. The maximum Gasteiger partial charge on any atom is 0.126 e. The Balaban J connectivity index is 2.57. The summed E-state index contributed by atoms with van der Waals surface area (Å²) < 4.78 is 5.36. The third-order valence-corrected chi connectivity index (χ3v) is 2.97. The zero-order valence-electron chi connectivity index (χ0n) is 10.1. The van der Waals surface area contributed by atoms with Crippen LogP contribution >= 0.6 is 11.6 Å². The van der Waals surface area contributed by atoms with Gasteiger partial charge in [-0.15, -0.1) is 0 Å². The Morgan fingerprint density at radius 3 is 2.76 bits per heavy atom. The molecule has 0 saturated heterocycles. The molecule has 1 radical (unpaired) electrons. The van der Waals surface area contributed by atoms with Crippen LogP contribution in [0.15, 0.2) is 29.0 Å². The number of benzene rings is 1. The molecular weight excluding hydrogens is 236 g/mol. The number of rotatable bonds is 3. The predicted octanol–water partition coefficient (Wildman–Crippen LogP) is 3.46. The fourth-order valence-electron chi connectivity index (χ4n) is 1.92. The molecule has 0 aliphatic carbocycles.